The van der Waals surface area contributed by atoms with Gasteiger partial charge < -0.3 is 9.84 Å². The summed E-state index contributed by atoms with van der Waals surface area (Å²) in [6.07, 6.45) is 0. The van der Waals surface area contributed by atoms with Gasteiger partial charge in [0.05, 0.1) is 18.9 Å². The number of anilines is 1. The zero-order valence-corrected chi connectivity index (χ0v) is 11.5. The minimum atomic E-state index is -3.54. The van der Waals surface area contributed by atoms with Crippen LogP contribution in [0.5, 0.6) is 5.75 Å². The molecule has 0 aliphatic heterocycles. The van der Waals surface area contributed by atoms with Crippen LogP contribution in [0.25, 0.3) is 0 Å². The molecule has 102 valence electrons. The van der Waals surface area contributed by atoms with Crippen molar-refractivity contribution in [2.45, 2.75) is 13.5 Å². The van der Waals surface area contributed by atoms with Gasteiger partial charge in [0, 0.05) is 19.7 Å². The van der Waals surface area contributed by atoms with Crippen molar-refractivity contribution in [1.29, 1.82) is 0 Å². The molecule has 0 spiro atoms. The normalized spacial score (nSPS) is 11.6. The summed E-state index contributed by atoms with van der Waals surface area (Å²) in [7, 11) is -0.672. The molecule has 0 saturated carbocycles. The van der Waals surface area contributed by atoms with E-state index in [0.717, 1.165) is 4.31 Å². The molecular formula is C11H18N2O4S. The summed E-state index contributed by atoms with van der Waals surface area (Å²) in [6, 6.07) is 4.76. The molecule has 0 fully saturated rings. The Morgan fingerprint density at radius 3 is 2.56 bits per heavy atom. The topological polar surface area (TPSA) is 78.9 Å². The van der Waals surface area contributed by atoms with Crippen LogP contribution in [0.2, 0.25) is 0 Å². The first-order valence-corrected chi connectivity index (χ1v) is 6.91. The number of hydrogen-bond donors (Lipinski definition) is 2. The van der Waals surface area contributed by atoms with Gasteiger partial charge in [0.2, 0.25) is 0 Å². The van der Waals surface area contributed by atoms with E-state index in [0.29, 0.717) is 23.6 Å². The zero-order chi connectivity index (χ0) is 13.8. The summed E-state index contributed by atoms with van der Waals surface area (Å²) >= 11 is 0. The van der Waals surface area contributed by atoms with Crippen molar-refractivity contribution in [3.63, 3.8) is 0 Å². The van der Waals surface area contributed by atoms with Crippen LogP contribution in [0, 0.1) is 0 Å². The molecule has 0 saturated heterocycles. The number of aliphatic hydroxyl groups excluding tert-OH is 1. The second-order valence-corrected chi connectivity index (χ2v) is 5.69. The molecule has 0 unspecified atom stereocenters. The number of nitrogens with zero attached hydrogens (tertiary/aromatic N) is 1. The van der Waals surface area contributed by atoms with E-state index < -0.39 is 10.2 Å². The smallest absolute Gasteiger partial charge is 0.301 e. The lowest BCUT2D eigenvalue weighted by atomic mass is 10.2. The average Bonchev–Trinajstić information content (AvgIpc) is 2.30. The standard InChI is InChI=1S/C11H18N2O4S/c1-4-17-11-6-5-10(7-9(11)8-14)12-18(15,16)13(2)3/h5-7,12,14H,4,8H2,1-3H3. The molecule has 1 aromatic rings. The highest BCUT2D eigenvalue weighted by Gasteiger charge is 2.14. The van der Waals surface area contributed by atoms with E-state index in [2.05, 4.69) is 4.72 Å². The molecule has 0 heterocycles. The summed E-state index contributed by atoms with van der Waals surface area (Å²) in [5, 5.41) is 9.21. The highest BCUT2D eigenvalue weighted by molar-refractivity contribution is 7.90. The minimum Gasteiger partial charge on any atom is -0.494 e. The van der Waals surface area contributed by atoms with Crippen LogP contribution >= 0.6 is 0 Å². The quantitative estimate of drug-likeness (QED) is 0.804. The van der Waals surface area contributed by atoms with Crippen molar-refractivity contribution in [3.05, 3.63) is 23.8 Å². The Hall–Kier alpha value is -1.31. The van der Waals surface area contributed by atoms with E-state index in [9.17, 15) is 13.5 Å². The SMILES string of the molecule is CCOc1ccc(NS(=O)(=O)N(C)C)cc1CO. The van der Waals surface area contributed by atoms with E-state index >= 15 is 0 Å². The first-order chi connectivity index (χ1) is 8.40. The molecule has 0 aromatic heterocycles. The average molecular weight is 274 g/mol. The summed E-state index contributed by atoms with van der Waals surface area (Å²) in [6.45, 7) is 2.10. The van der Waals surface area contributed by atoms with Gasteiger partial charge in [0.15, 0.2) is 0 Å². The highest BCUT2D eigenvalue weighted by Crippen LogP contribution is 2.23. The Morgan fingerprint density at radius 1 is 1.39 bits per heavy atom. The summed E-state index contributed by atoms with van der Waals surface area (Å²) < 4.78 is 32.0. The van der Waals surface area contributed by atoms with E-state index in [1.165, 1.54) is 14.1 Å². The number of ether oxygens (including phenoxy) is 1. The van der Waals surface area contributed by atoms with Crippen molar-refractivity contribution in [2.75, 3.05) is 25.4 Å². The fraction of sp³-hybridized carbons (Fsp3) is 0.455. The maximum absolute atomic E-state index is 11.6. The third-order valence-electron chi connectivity index (χ3n) is 2.26. The molecule has 0 aliphatic carbocycles. The summed E-state index contributed by atoms with van der Waals surface area (Å²) in [4.78, 5) is 0. The molecule has 0 bridgehead atoms. The fourth-order valence-corrected chi connectivity index (χ4v) is 1.91. The molecule has 0 amide bonds. The van der Waals surface area contributed by atoms with E-state index in [1.54, 1.807) is 18.2 Å². The Morgan fingerprint density at radius 2 is 2.06 bits per heavy atom. The Balaban J connectivity index is 2.99. The first-order valence-electron chi connectivity index (χ1n) is 5.47. The summed E-state index contributed by atoms with van der Waals surface area (Å²) in [5.74, 6) is 0.549. The molecule has 2 N–H and O–H groups in total. The third kappa shape index (κ3) is 3.59. The Kier molecular flexibility index (Phi) is 4.94. The van der Waals surface area contributed by atoms with Gasteiger partial charge in [-0.25, -0.2) is 0 Å². The van der Waals surface area contributed by atoms with Crippen LogP contribution in [0.3, 0.4) is 0 Å². The van der Waals surface area contributed by atoms with Gasteiger partial charge in [-0.3, -0.25) is 4.72 Å². The fourth-order valence-electron chi connectivity index (χ4n) is 1.30. The van der Waals surface area contributed by atoms with Gasteiger partial charge in [-0.05, 0) is 25.1 Å². The van der Waals surface area contributed by atoms with Crippen LogP contribution in [-0.2, 0) is 16.8 Å². The lowest BCUT2D eigenvalue weighted by Gasteiger charge is -2.15. The molecule has 0 radical (unpaired) electrons. The van der Waals surface area contributed by atoms with Gasteiger partial charge in [-0.1, -0.05) is 0 Å². The highest BCUT2D eigenvalue weighted by atomic mass is 32.2. The van der Waals surface area contributed by atoms with Gasteiger partial charge in [-0.15, -0.1) is 0 Å². The van der Waals surface area contributed by atoms with Crippen LogP contribution in [0.1, 0.15) is 12.5 Å². The minimum absolute atomic E-state index is 0.215. The summed E-state index contributed by atoms with van der Waals surface area (Å²) in [5.41, 5.74) is 0.923. The lowest BCUT2D eigenvalue weighted by molar-refractivity contribution is 0.267. The van der Waals surface area contributed by atoms with Crippen LogP contribution < -0.4 is 9.46 Å². The second kappa shape index (κ2) is 6.03. The predicted octanol–water partition coefficient (Wildman–Crippen LogP) is 0.796. The van der Waals surface area contributed by atoms with Gasteiger partial charge in [-0.2, -0.15) is 12.7 Å². The van der Waals surface area contributed by atoms with Crippen LogP contribution in [-0.4, -0.2) is 38.5 Å². The molecule has 1 rings (SSSR count). The van der Waals surface area contributed by atoms with Crippen molar-refractivity contribution in [3.8, 4) is 5.75 Å². The van der Waals surface area contributed by atoms with Crippen LogP contribution in [0.15, 0.2) is 18.2 Å². The molecule has 7 heteroatoms. The number of hydrogen-bond acceptors (Lipinski definition) is 4. The molecule has 18 heavy (non-hydrogen) atoms. The van der Waals surface area contributed by atoms with Gasteiger partial charge >= 0.3 is 10.2 Å². The van der Waals surface area contributed by atoms with Crippen molar-refractivity contribution in [1.82, 2.24) is 4.31 Å². The van der Waals surface area contributed by atoms with Crippen molar-refractivity contribution >= 4 is 15.9 Å². The second-order valence-electron chi connectivity index (χ2n) is 3.80. The number of nitrogens with one attached hydrogen (secondary N) is 1. The monoisotopic (exact) mass is 274 g/mol. The van der Waals surface area contributed by atoms with E-state index in [1.807, 2.05) is 6.92 Å². The van der Waals surface area contributed by atoms with E-state index in [4.69, 9.17) is 4.74 Å². The largest absolute Gasteiger partial charge is 0.494 e. The Labute approximate surface area is 107 Å². The molecule has 6 nitrogen and oxygen atoms in total. The van der Waals surface area contributed by atoms with Gasteiger partial charge in [0.25, 0.3) is 0 Å². The van der Waals surface area contributed by atoms with Crippen molar-refractivity contribution in [2.24, 2.45) is 0 Å². The van der Waals surface area contributed by atoms with Crippen molar-refractivity contribution < 1.29 is 18.3 Å². The third-order valence-corrected chi connectivity index (χ3v) is 3.71. The zero-order valence-electron chi connectivity index (χ0n) is 10.7. The molecule has 0 atom stereocenters. The number of benzene rings is 1. The molecule has 1 aromatic carbocycles. The predicted molar refractivity (Wildman–Crippen MR) is 69.8 cm³/mol. The Bertz CT molecular complexity index is 500. The maximum Gasteiger partial charge on any atom is 0.301 e. The first kappa shape index (κ1) is 14.7. The molecule has 0 aliphatic rings. The van der Waals surface area contributed by atoms with E-state index in [-0.39, 0.29) is 6.61 Å². The molecular weight excluding hydrogens is 256 g/mol. The number of rotatable bonds is 6. The number of aliphatic hydroxyl groups is 1. The van der Waals surface area contributed by atoms with Gasteiger partial charge in [0.1, 0.15) is 5.75 Å². The lowest BCUT2D eigenvalue weighted by Crippen LogP contribution is -2.28. The van der Waals surface area contributed by atoms with Crippen LogP contribution in [0.4, 0.5) is 5.69 Å². The maximum atomic E-state index is 11.6.